The number of ether oxygens (including phenoxy) is 1. The summed E-state index contributed by atoms with van der Waals surface area (Å²) in [5.74, 6) is 0.366. The number of aryl methyl sites for hydroxylation is 1. The van der Waals surface area contributed by atoms with E-state index in [4.69, 9.17) is 4.74 Å². The number of aromatic nitrogens is 3. The van der Waals surface area contributed by atoms with Crippen molar-refractivity contribution in [2.45, 2.75) is 50.6 Å². The van der Waals surface area contributed by atoms with Gasteiger partial charge in [-0.3, -0.25) is 9.59 Å². The quantitative estimate of drug-likeness (QED) is 0.405. The summed E-state index contributed by atoms with van der Waals surface area (Å²) in [7, 11) is 0. The number of hydrogen-bond donors (Lipinski definition) is 2. The smallest absolute Gasteiger partial charge is 0.379 e. The van der Waals surface area contributed by atoms with E-state index in [1.807, 2.05) is 4.90 Å². The Morgan fingerprint density at radius 2 is 1.97 bits per heavy atom. The first kappa shape index (κ1) is 27.7. The van der Waals surface area contributed by atoms with Crippen LogP contribution in [0.5, 0.6) is 0 Å². The van der Waals surface area contributed by atoms with Crippen molar-refractivity contribution < 1.29 is 35.9 Å². The molecule has 0 aliphatic carbocycles. The summed E-state index contributed by atoms with van der Waals surface area (Å²) in [5.41, 5.74) is -3.43. The lowest BCUT2D eigenvalue weighted by molar-refractivity contribution is -0.138. The number of carbonyl (C=O) groups excluding carboxylic acids is 1. The summed E-state index contributed by atoms with van der Waals surface area (Å²) in [6, 6.07) is 0.477. The first-order valence-corrected chi connectivity index (χ1v) is 11.9. The fraction of sp³-hybridized carbons (Fsp3) is 0.565. The standard InChI is InChI=1S/C23H26F6N6O3/c1-13(32-17-10-31-33-21(37)19(17)23(27,28)29)12-38-7-4-18(36)34-5-6-35-16(11-34)3-2-14-8-15(22(24,25)26)9-30-20(14)35/h8-10,13,16H,2-7,11-12H2,1H3,(H2,32,33,37). The molecule has 1 saturated heterocycles. The van der Waals surface area contributed by atoms with Gasteiger partial charge in [0.2, 0.25) is 5.91 Å². The third kappa shape index (κ3) is 6.19. The van der Waals surface area contributed by atoms with Crippen molar-refractivity contribution in [1.82, 2.24) is 20.1 Å². The van der Waals surface area contributed by atoms with Gasteiger partial charge in [0.05, 0.1) is 37.1 Å². The lowest BCUT2D eigenvalue weighted by atomic mass is 9.95. The molecule has 2 aromatic rings. The van der Waals surface area contributed by atoms with Gasteiger partial charge in [-0.2, -0.15) is 31.4 Å². The molecule has 4 rings (SSSR count). The Labute approximate surface area is 213 Å². The normalized spacial score (nSPS) is 18.6. The van der Waals surface area contributed by atoms with Crippen LogP contribution in [0.1, 0.15) is 36.5 Å². The van der Waals surface area contributed by atoms with Crippen molar-refractivity contribution in [3.05, 3.63) is 45.5 Å². The molecule has 0 aromatic carbocycles. The van der Waals surface area contributed by atoms with Crippen LogP contribution in [0, 0.1) is 0 Å². The number of piperazine rings is 1. The Balaban J connectivity index is 1.24. The molecule has 0 saturated carbocycles. The summed E-state index contributed by atoms with van der Waals surface area (Å²) in [4.78, 5) is 31.9. The molecule has 4 heterocycles. The van der Waals surface area contributed by atoms with Crippen molar-refractivity contribution in [2.24, 2.45) is 0 Å². The van der Waals surface area contributed by atoms with Gasteiger partial charge in [-0.15, -0.1) is 0 Å². The molecule has 1 fully saturated rings. The maximum absolute atomic E-state index is 13.2. The maximum Gasteiger partial charge on any atom is 0.423 e. The number of aromatic amines is 1. The molecule has 2 unspecified atom stereocenters. The number of rotatable bonds is 7. The number of amides is 1. The Kier molecular flexibility index (Phi) is 7.85. The number of nitrogens with one attached hydrogen (secondary N) is 2. The second-order valence-electron chi connectivity index (χ2n) is 9.29. The third-order valence-electron chi connectivity index (χ3n) is 6.49. The van der Waals surface area contributed by atoms with Crippen LogP contribution >= 0.6 is 0 Å². The molecule has 2 aromatic heterocycles. The maximum atomic E-state index is 13.2. The Bertz CT molecular complexity index is 1220. The second-order valence-corrected chi connectivity index (χ2v) is 9.29. The van der Waals surface area contributed by atoms with E-state index >= 15 is 0 Å². The van der Waals surface area contributed by atoms with Crippen LogP contribution in [0.15, 0.2) is 23.3 Å². The van der Waals surface area contributed by atoms with Crippen molar-refractivity contribution in [1.29, 1.82) is 0 Å². The number of fused-ring (bicyclic) bond motifs is 3. The largest absolute Gasteiger partial charge is 0.423 e. The van der Waals surface area contributed by atoms with Crippen LogP contribution < -0.4 is 15.8 Å². The molecular formula is C23H26F6N6O3. The number of halogens is 6. The van der Waals surface area contributed by atoms with Gasteiger partial charge in [-0.05, 0) is 31.4 Å². The number of alkyl halides is 6. The summed E-state index contributed by atoms with van der Waals surface area (Å²) in [6.45, 7) is 2.82. The molecule has 1 amide bonds. The van der Waals surface area contributed by atoms with Gasteiger partial charge in [0.15, 0.2) is 0 Å². The molecule has 0 radical (unpaired) electrons. The zero-order chi connectivity index (χ0) is 27.7. The molecule has 2 aliphatic heterocycles. The average Bonchev–Trinajstić information content (AvgIpc) is 2.84. The van der Waals surface area contributed by atoms with Crippen molar-refractivity contribution in [3.63, 3.8) is 0 Å². The van der Waals surface area contributed by atoms with E-state index in [-0.39, 0.29) is 31.6 Å². The number of carbonyl (C=O) groups is 1. The van der Waals surface area contributed by atoms with Gasteiger partial charge >= 0.3 is 12.4 Å². The molecule has 38 heavy (non-hydrogen) atoms. The van der Waals surface area contributed by atoms with Crippen molar-refractivity contribution in [2.75, 3.05) is 43.1 Å². The predicted octanol–water partition coefficient (Wildman–Crippen LogP) is 3.07. The van der Waals surface area contributed by atoms with E-state index in [1.165, 1.54) is 0 Å². The Morgan fingerprint density at radius 1 is 1.21 bits per heavy atom. The summed E-state index contributed by atoms with van der Waals surface area (Å²) >= 11 is 0. The highest BCUT2D eigenvalue weighted by molar-refractivity contribution is 5.76. The van der Waals surface area contributed by atoms with Gasteiger partial charge in [0.1, 0.15) is 11.4 Å². The Morgan fingerprint density at radius 3 is 2.68 bits per heavy atom. The SMILES string of the molecule is CC(COCCC(=O)N1CCN2c3ncc(C(F)(F)F)cc3CCC2C1)Nc1cn[nH]c(=O)c1C(F)(F)F. The average molecular weight is 548 g/mol. The monoisotopic (exact) mass is 548 g/mol. The van der Waals surface area contributed by atoms with Crippen LogP contribution in [-0.4, -0.2) is 70.9 Å². The Hall–Kier alpha value is -3.36. The highest BCUT2D eigenvalue weighted by atomic mass is 19.4. The molecule has 2 aliphatic rings. The number of H-pyrrole nitrogens is 1. The fourth-order valence-corrected chi connectivity index (χ4v) is 4.70. The number of nitrogens with zero attached hydrogens (tertiary/aromatic N) is 4. The molecule has 0 spiro atoms. The van der Waals surface area contributed by atoms with Gasteiger partial charge in [0.25, 0.3) is 5.56 Å². The van der Waals surface area contributed by atoms with E-state index < -0.39 is 40.8 Å². The minimum atomic E-state index is -4.86. The van der Waals surface area contributed by atoms with E-state index in [2.05, 4.69) is 15.4 Å². The van der Waals surface area contributed by atoms with Gasteiger partial charge in [-0.25, -0.2) is 10.1 Å². The van der Waals surface area contributed by atoms with Crippen LogP contribution in [-0.2, 0) is 28.3 Å². The highest BCUT2D eigenvalue weighted by Gasteiger charge is 2.38. The van der Waals surface area contributed by atoms with Crippen LogP contribution in [0.2, 0.25) is 0 Å². The number of pyridine rings is 1. The number of anilines is 2. The zero-order valence-electron chi connectivity index (χ0n) is 20.3. The van der Waals surface area contributed by atoms with Crippen molar-refractivity contribution >= 4 is 17.4 Å². The minimum absolute atomic E-state index is 0.0177. The van der Waals surface area contributed by atoms with Crippen LogP contribution in [0.25, 0.3) is 0 Å². The first-order chi connectivity index (χ1) is 17.8. The van der Waals surface area contributed by atoms with E-state index in [0.717, 1.165) is 18.5 Å². The van der Waals surface area contributed by atoms with Crippen molar-refractivity contribution in [3.8, 4) is 0 Å². The van der Waals surface area contributed by atoms with E-state index in [9.17, 15) is 35.9 Å². The van der Waals surface area contributed by atoms with Gasteiger partial charge in [0, 0.05) is 37.9 Å². The molecule has 0 bridgehead atoms. The number of hydrogen-bond acceptors (Lipinski definition) is 7. The van der Waals surface area contributed by atoms with Gasteiger partial charge < -0.3 is 19.9 Å². The third-order valence-corrected chi connectivity index (χ3v) is 6.49. The van der Waals surface area contributed by atoms with E-state index in [0.29, 0.717) is 43.9 Å². The molecule has 2 atom stereocenters. The molecule has 208 valence electrons. The van der Waals surface area contributed by atoms with Gasteiger partial charge in [-0.1, -0.05) is 0 Å². The van der Waals surface area contributed by atoms with Crippen LogP contribution in [0.4, 0.5) is 37.8 Å². The molecule has 15 heteroatoms. The fourth-order valence-electron chi connectivity index (χ4n) is 4.70. The van der Waals surface area contributed by atoms with Crippen LogP contribution in [0.3, 0.4) is 0 Å². The summed E-state index contributed by atoms with van der Waals surface area (Å²) in [6.07, 6.45) is -6.52. The summed E-state index contributed by atoms with van der Waals surface area (Å²) < 4.78 is 84.0. The zero-order valence-corrected chi connectivity index (χ0v) is 20.3. The topological polar surface area (TPSA) is 103 Å². The second kappa shape index (κ2) is 10.8. The first-order valence-electron chi connectivity index (χ1n) is 11.9. The molecule has 2 N–H and O–H groups in total. The lowest BCUT2D eigenvalue weighted by Gasteiger charge is -2.45. The lowest BCUT2D eigenvalue weighted by Crippen LogP contribution is -2.56. The highest BCUT2D eigenvalue weighted by Crippen LogP contribution is 2.36. The predicted molar refractivity (Wildman–Crippen MR) is 124 cm³/mol. The molecular weight excluding hydrogens is 522 g/mol. The minimum Gasteiger partial charge on any atom is -0.379 e. The summed E-state index contributed by atoms with van der Waals surface area (Å²) in [5, 5.41) is 7.72. The molecule has 9 nitrogen and oxygen atoms in total. The van der Waals surface area contributed by atoms with E-state index in [1.54, 1.807) is 16.9 Å².